The average molecular weight is 338 g/mol. The van der Waals surface area contributed by atoms with Crippen LogP contribution in [0.1, 0.15) is 16.8 Å². The quantitative estimate of drug-likeness (QED) is 0.789. The van der Waals surface area contributed by atoms with Gasteiger partial charge in [0.2, 0.25) is 11.8 Å². The van der Waals surface area contributed by atoms with Crippen LogP contribution in [0.5, 0.6) is 11.8 Å². The Hall–Kier alpha value is -3.09. The number of carbonyl (C=O) groups is 1. The summed E-state index contributed by atoms with van der Waals surface area (Å²) in [5, 5.41) is 8.94. The van der Waals surface area contributed by atoms with Gasteiger partial charge in [0.25, 0.3) is 5.91 Å². The molecule has 0 aliphatic carbocycles. The van der Waals surface area contributed by atoms with Crippen molar-refractivity contribution in [3.63, 3.8) is 0 Å². The minimum Gasteiger partial charge on any atom is -0.480 e. The highest BCUT2D eigenvalue weighted by Gasteiger charge is 2.28. The van der Waals surface area contributed by atoms with Crippen LogP contribution in [0.25, 0.3) is 10.9 Å². The second kappa shape index (κ2) is 6.43. The van der Waals surface area contributed by atoms with Gasteiger partial charge in [-0.3, -0.25) is 4.79 Å². The molecule has 1 saturated heterocycles. The third kappa shape index (κ3) is 3.13. The second-order valence-corrected chi connectivity index (χ2v) is 5.97. The Morgan fingerprint density at radius 2 is 2.04 bits per heavy atom. The lowest BCUT2D eigenvalue weighted by Gasteiger charge is -2.17. The van der Waals surface area contributed by atoms with E-state index < -0.39 is 0 Å². The first-order chi connectivity index (χ1) is 12.2. The van der Waals surface area contributed by atoms with Crippen molar-refractivity contribution in [2.45, 2.75) is 12.5 Å². The normalized spacial score (nSPS) is 17.0. The molecule has 1 amide bonds. The summed E-state index contributed by atoms with van der Waals surface area (Å²) in [6.07, 6.45) is 2.56. The summed E-state index contributed by atoms with van der Waals surface area (Å²) in [7, 11) is 1.54. The molecule has 1 N–H and O–H groups in total. The third-order valence-corrected chi connectivity index (χ3v) is 4.35. The van der Waals surface area contributed by atoms with Gasteiger partial charge in [0, 0.05) is 42.4 Å². The number of methoxy groups -OCH3 is 1. The smallest absolute Gasteiger partial charge is 0.254 e. The standard InChI is InChI=1S/C18H18N4O3/c1-24-16-4-5-17(21-20-16)25-14-7-9-22(11-14)18(23)13-3-2-12-6-8-19-15(12)10-13/h2-6,8,10,14,19H,7,9,11H2,1H3. The molecular formula is C18H18N4O3. The first-order valence-electron chi connectivity index (χ1n) is 8.14. The Bertz CT molecular complexity index is 891. The van der Waals surface area contributed by atoms with Crippen molar-refractivity contribution in [2.24, 2.45) is 0 Å². The van der Waals surface area contributed by atoms with Crippen LogP contribution in [0.15, 0.2) is 42.6 Å². The minimum atomic E-state index is -0.0825. The maximum absolute atomic E-state index is 12.7. The molecular weight excluding hydrogens is 320 g/mol. The molecule has 7 heteroatoms. The summed E-state index contributed by atoms with van der Waals surface area (Å²) in [6, 6.07) is 11.1. The van der Waals surface area contributed by atoms with E-state index in [1.54, 1.807) is 12.1 Å². The molecule has 4 rings (SSSR count). The monoisotopic (exact) mass is 338 g/mol. The zero-order valence-electron chi connectivity index (χ0n) is 13.8. The summed E-state index contributed by atoms with van der Waals surface area (Å²) in [5.41, 5.74) is 1.64. The van der Waals surface area contributed by atoms with E-state index in [1.807, 2.05) is 35.4 Å². The molecule has 1 aromatic carbocycles. The molecule has 1 aliphatic heterocycles. The summed E-state index contributed by atoms with van der Waals surface area (Å²) in [4.78, 5) is 17.7. The number of aromatic amines is 1. The number of likely N-dealkylation sites (tertiary alicyclic amines) is 1. The predicted octanol–water partition coefficient (Wildman–Crippen LogP) is 2.26. The van der Waals surface area contributed by atoms with E-state index >= 15 is 0 Å². The van der Waals surface area contributed by atoms with E-state index in [9.17, 15) is 4.79 Å². The maximum Gasteiger partial charge on any atom is 0.254 e. The lowest BCUT2D eigenvalue weighted by molar-refractivity contribution is 0.0771. The highest BCUT2D eigenvalue weighted by Crippen LogP contribution is 2.21. The zero-order valence-corrected chi connectivity index (χ0v) is 13.8. The summed E-state index contributed by atoms with van der Waals surface area (Å²) < 4.78 is 10.8. The average Bonchev–Trinajstić information content (AvgIpc) is 3.30. The van der Waals surface area contributed by atoms with Crippen LogP contribution in [0.3, 0.4) is 0 Å². The Kier molecular flexibility index (Phi) is 3.97. The van der Waals surface area contributed by atoms with Gasteiger partial charge < -0.3 is 19.4 Å². The van der Waals surface area contributed by atoms with E-state index in [4.69, 9.17) is 9.47 Å². The molecule has 2 aromatic heterocycles. The number of hydrogen-bond acceptors (Lipinski definition) is 5. The van der Waals surface area contributed by atoms with Gasteiger partial charge in [-0.05, 0) is 23.6 Å². The fourth-order valence-corrected chi connectivity index (χ4v) is 3.02. The number of nitrogens with one attached hydrogen (secondary N) is 1. The molecule has 1 fully saturated rings. The van der Waals surface area contributed by atoms with Gasteiger partial charge >= 0.3 is 0 Å². The molecule has 0 radical (unpaired) electrons. The van der Waals surface area contributed by atoms with Crippen LogP contribution in [-0.2, 0) is 0 Å². The molecule has 1 unspecified atom stereocenters. The summed E-state index contributed by atoms with van der Waals surface area (Å²) >= 11 is 0. The molecule has 1 atom stereocenters. The molecule has 3 aromatic rings. The van der Waals surface area contributed by atoms with Gasteiger partial charge in [0.15, 0.2) is 0 Å². The first kappa shape index (κ1) is 15.4. The van der Waals surface area contributed by atoms with Crippen molar-refractivity contribution in [1.82, 2.24) is 20.1 Å². The van der Waals surface area contributed by atoms with Crippen LogP contribution in [0, 0.1) is 0 Å². The Morgan fingerprint density at radius 3 is 2.84 bits per heavy atom. The van der Waals surface area contributed by atoms with Crippen LogP contribution in [-0.4, -0.2) is 52.3 Å². The number of fused-ring (bicyclic) bond motifs is 1. The number of nitrogens with zero attached hydrogens (tertiary/aromatic N) is 3. The van der Waals surface area contributed by atoms with E-state index in [0.717, 1.165) is 17.3 Å². The number of carbonyl (C=O) groups excluding carboxylic acids is 1. The first-order valence-corrected chi connectivity index (χ1v) is 8.14. The van der Waals surface area contributed by atoms with Crippen molar-refractivity contribution in [3.8, 4) is 11.8 Å². The fourth-order valence-electron chi connectivity index (χ4n) is 3.02. The predicted molar refractivity (Wildman–Crippen MR) is 91.8 cm³/mol. The topological polar surface area (TPSA) is 80.3 Å². The zero-order chi connectivity index (χ0) is 17.2. The van der Waals surface area contributed by atoms with Crippen LogP contribution in [0.4, 0.5) is 0 Å². The highest BCUT2D eigenvalue weighted by molar-refractivity contribution is 5.98. The number of amides is 1. The molecule has 0 saturated carbocycles. The molecule has 0 spiro atoms. The van der Waals surface area contributed by atoms with E-state index in [0.29, 0.717) is 30.4 Å². The largest absolute Gasteiger partial charge is 0.480 e. The van der Waals surface area contributed by atoms with Gasteiger partial charge in [0.1, 0.15) is 6.10 Å². The van der Waals surface area contributed by atoms with Crippen LogP contribution >= 0.6 is 0 Å². The number of ether oxygens (including phenoxy) is 2. The third-order valence-electron chi connectivity index (χ3n) is 4.35. The summed E-state index contributed by atoms with van der Waals surface area (Å²) in [6.45, 7) is 1.20. The van der Waals surface area contributed by atoms with E-state index in [1.165, 1.54) is 7.11 Å². The fraction of sp³-hybridized carbons (Fsp3) is 0.278. The van der Waals surface area contributed by atoms with Gasteiger partial charge in [-0.25, -0.2) is 0 Å². The van der Waals surface area contributed by atoms with Gasteiger partial charge in [-0.2, -0.15) is 0 Å². The van der Waals surface area contributed by atoms with Gasteiger partial charge in [0.05, 0.1) is 13.7 Å². The SMILES string of the molecule is COc1ccc(OC2CCN(C(=O)c3ccc4cc[nH]c4c3)C2)nn1. The number of H-pyrrole nitrogens is 1. The van der Waals surface area contributed by atoms with Crippen molar-refractivity contribution in [1.29, 1.82) is 0 Å². The van der Waals surface area contributed by atoms with Crippen molar-refractivity contribution >= 4 is 16.8 Å². The summed E-state index contributed by atoms with van der Waals surface area (Å²) in [5.74, 6) is 0.895. The van der Waals surface area contributed by atoms with Crippen LogP contribution in [0.2, 0.25) is 0 Å². The van der Waals surface area contributed by atoms with Gasteiger partial charge in [-0.1, -0.05) is 6.07 Å². The number of rotatable bonds is 4. The number of benzene rings is 1. The second-order valence-electron chi connectivity index (χ2n) is 5.97. The molecule has 0 bridgehead atoms. The molecule has 128 valence electrons. The Morgan fingerprint density at radius 1 is 1.20 bits per heavy atom. The minimum absolute atomic E-state index is 0.0171. The number of aromatic nitrogens is 3. The van der Waals surface area contributed by atoms with Gasteiger partial charge in [-0.15, -0.1) is 10.2 Å². The lowest BCUT2D eigenvalue weighted by Crippen LogP contribution is -2.31. The van der Waals surface area contributed by atoms with Crippen molar-refractivity contribution < 1.29 is 14.3 Å². The highest BCUT2D eigenvalue weighted by atomic mass is 16.5. The molecule has 7 nitrogen and oxygen atoms in total. The van der Waals surface area contributed by atoms with Crippen molar-refractivity contribution in [2.75, 3.05) is 20.2 Å². The molecule has 1 aliphatic rings. The van der Waals surface area contributed by atoms with E-state index in [-0.39, 0.29) is 12.0 Å². The van der Waals surface area contributed by atoms with E-state index in [2.05, 4.69) is 15.2 Å². The van der Waals surface area contributed by atoms with Crippen LogP contribution < -0.4 is 9.47 Å². The Labute approximate surface area is 144 Å². The maximum atomic E-state index is 12.7. The Balaban J connectivity index is 1.41. The number of hydrogen-bond donors (Lipinski definition) is 1. The lowest BCUT2D eigenvalue weighted by atomic mass is 10.1. The molecule has 3 heterocycles. The molecule has 25 heavy (non-hydrogen) atoms. The van der Waals surface area contributed by atoms with Crippen molar-refractivity contribution in [3.05, 3.63) is 48.2 Å².